The van der Waals surface area contributed by atoms with E-state index in [1.54, 1.807) is 28.9 Å². The number of nitrogens with two attached hydrogens (primary N) is 1. The van der Waals surface area contributed by atoms with E-state index in [1.165, 1.54) is 6.33 Å². The van der Waals surface area contributed by atoms with Crippen molar-refractivity contribution in [3.05, 3.63) is 35.6 Å². The summed E-state index contributed by atoms with van der Waals surface area (Å²) in [6.07, 6.45) is 1.42. The zero-order valence-electron chi connectivity index (χ0n) is 11.6. The topological polar surface area (TPSA) is 78.9 Å². The number of benzene rings is 1. The van der Waals surface area contributed by atoms with E-state index >= 15 is 0 Å². The van der Waals surface area contributed by atoms with Crippen LogP contribution in [0.3, 0.4) is 0 Å². The molecule has 0 atom stereocenters. The molecule has 0 aliphatic heterocycles. The minimum atomic E-state index is 0.124. The number of hydrogen-bond acceptors (Lipinski definition) is 5. The van der Waals surface area contributed by atoms with Gasteiger partial charge >= 0.3 is 0 Å². The smallest absolute Gasteiger partial charge is 0.251 e. The molecule has 0 aliphatic carbocycles. The SMILES string of the molecule is CC(C)n1nc(Oc2cccc(Cl)c2)c2c(N)ncnc21. The number of fused-ring (bicyclic) bond motifs is 1. The normalized spacial score (nSPS) is 11.2. The third kappa shape index (κ3) is 2.50. The van der Waals surface area contributed by atoms with Crippen LogP contribution in [0.4, 0.5) is 5.82 Å². The third-order valence-corrected chi connectivity index (χ3v) is 3.22. The summed E-state index contributed by atoms with van der Waals surface area (Å²) in [4.78, 5) is 8.25. The predicted octanol–water partition coefficient (Wildman–Crippen LogP) is 3.44. The third-order valence-electron chi connectivity index (χ3n) is 2.99. The summed E-state index contributed by atoms with van der Waals surface area (Å²) in [5.74, 6) is 1.30. The predicted molar refractivity (Wildman–Crippen MR) is 81.6 cm³/mol. The fourth-order valence-electron chi connectivity index (χ4n) is 2.04. The number of ether oxygens (including phenoxy) is 1. The van der Waals surface area contributed by atoms with Crippen molar-refractivity contribution in [1.82, 2.24) is 19.7 Å². The Hall–Kier alpha value is -2.34. The first kappa shape index (κ1) is 13.6. The van der Waals surface area contributed by atoms with Crippen LogP contribution < -0.4 is 10.5 Å². The van der Waals surface area contributed by atoms with Gasteiger partial charge in [0, 0.05) is 11.1 Å². The van der Waals surface area contributed by atoms with Crippen LogP contribution >= 0.6 is 11.6 Å². The monoisotopic (exact) mass is 303 g/mol. The van der Waals surface area contributed by atoms with Crippen molar-refractivity contribution in [3.8, 4) is 11.6 Å². The van der Waals surface area contributed by atoms with E-state index in [9.17, 15) is 0 Å². The van der Waals surface area contributed by atoms with E-state index in [4.69, 9.17) is 22.1 Å². The summed E-state index contributed by atoms with van der Waals surface area (Å²) < 4.78 is 7.56. The second-order valence-corrected chi connectivity index (χ2v) is 5.30. The van der Waals surface area contributed by atoms with Gasteiger partial charge in [-0.25, -0.2) is 14.6 Å². The fraction of sp³-hybridized carbons (Fsp3) is 0.214. The first-order valence-corrected chi connectivity index (χ1v) is 6.86. The van der Waals surface area contributed by atoms with Crippen molar-refractivity contribution in [3.63, 3.8) is 0 Å². The maximum atomic E-state index is 5.96. The Morgan fingerprint density at radius 2 is 2.10 bits per heavy atom. The van der Waals surface area contributed by atoms with Crippen LogP contribution in [-0.4, -0.2) is 19.7 Å². The van der Waals surface area contributed by atoms with E-state index in [1.807, 2.05) is 13.8 Å². The zero-order chi connectivity index (χ0) is 15.0. The van der Waals surface area contributed by atoms with E-state index in [0.29, 0.717) is 33.5 Å². The number of halogens is 1. The molecule has 0 radical (unpaired) electrons. The Balaban J connectivity index is 2.14. The minimum absolute atomic E-state index is 0.124. The molecule has 0 amide bonds. The highest BCUT2D eigenvalue weighted by Gasteiger charge is 2.18. The van der Waals surface area contributed by atoms with Gasteiger partial charge in [-0.15, -0.1) is 5.10 Å². The molecule has 0 fully saturated rings. The quantitative estimate of drug-likeness (QED) is 0.802. The molecule has 0 aliphatic rings. The second-order valence-electron chi connectivity index (χ2n) is 4.86. The molecule has 0 bridgehead atoms. The molecule has 108 valence electrons. The summed E-state index contributed by atoms with van der Waals surface area (Å²) in [6.45, 7) is 4.02. The molecule has 3 rings (SSSR count). The van der Waals surface area contributed by atoms with Crippen molar-refractivity contribution < 1.29 is 4.74 Å². The van der Waals surface area contributed by atoms with Gasteiger partial charge in [-0.3, -0.25) is 0 Å². The molecular formula is C14H14ClN5O. The van der Waals surface area contributed by atoms with Gasteiger partial charge in [0.1, 0.15) is 23.3 Å². The van der Waals surface area contributed by atoms with Crippen molar-refractivity contribution in [1.29, 1.82) is 0 Å². The van der Waals surface area contributed by atoms with Crippen LogP contribution in [0, 0.1) is 0 Å². The minimum Gasteiger partial charge on any atom is -0.437 e. The highest BCUT2D eigenvalue weighted by Crippen LogP contribution is 2.33. The standard InChI is InChI=1S/C14H14ClN5O/c1-8(2)20-13-11(12(16)17-7-18-13)14(19-20)21-10-5-3-4-9(15)6-10/h3-8H,1-2H3,(H2,16,17,18). The lowest BCUT2D eigenvalue weighted by Gasteiger charge is -2.05. The summed E-state index contributed by atoms with van der Waals surface area (Å²) in [6, 6.07) is 7.21. The average Bonchev–Trinajstić information content (AvgIpc) is 2.79. The lowest BCUT2D eigenvalue weighted by Crippen LogP contribution is -2.04. The first-order valence-electron chi connectivity index (χ1n) is 6.48. The van der Waals surface area contributed by atoms with Crippen molar-refractivity contribution in [2.45, 2.75) is 19.9 Å². The molecule has 7 heteroatoms. The van der Waals surface area contributed by atoms with Crippen molar-refractivity contribution in [2.75, 3.05) is 5.73 Å². The van der Waals surface area contributed by atoms with E-state index in [2.05, 4.69) is 15.1 Å². The molecule has 6 nitrogen and oxygen atoms in total. The van der Waals surface area contributed by atoms with Gasteiger partial charge in [0.25, 0.3) is 5.88 Å². The number of nitrogen functional groups attached to an aromatic ring is 1. The van der Waals surface area contributed by atoms with Crippen LogP contribution in [0.25, 0.3) is 11.0 Å². The van der Waals surface area contributed by atoms with E-state index in [-0.39, 0.29) is 6.04 Å². The summed E-state index contributed by atoms with van der Waals surface area (Å²) in [5.41, 5.74) is 6.59. The van der Waals surface area contributed by atoms with Gasteiger partial charge in [0.15, 0.2) is 5.65 Å². The summed E-state index contributed by atoms with van der Waals surface area (Å²) in [5, 5.41) is 5.63. The van der Waals surface area contributed by atoms with Crippen LogP contribution in [0.2, 0.25) is 5.02 Å². The van der Waals surface area contributed by atoms with Gasteiger partial charge in [0.2, 0.25) is 0 Å². The lowest BCUT2D eigenvalue weighted by atomic mass is 10.3. The van der Waals surface area contributed by atoms with Crippen molar-refractivity contribution in [2.24, 2.45) is 0 Å². The molecule has 0 unspecified atom stereocenters. The molecule has 1 aromatic carbocycles. The van der Waals surface area contributed by atoms with Crippen LogP contribution in [0.5, 0.6) is 11.6 Å². The fourth-order valence-corrected chi connectivity index (χ4v) is 2.22. The highest BCUT2D eigenvalue weighted by molar-refractivity contribution is 6.30. The van der Waals surface area contributed by atoms with E-state index in [0.717, 1.165) is 0 Å². The molecule has 2 heterocycles. The van der Waals surface area contributed by atoms with Crippen LogP contribution in [-0.2, 0) is 0 Å². The van der Waals surface area contributed by atoms with Gasteiger partial charge in [0.05, 0.1) is 0 Å². The van der Waals surface area contributed by atoms with Gasteiger partial charge in [-0.05, 0) is 32.0 Å². The van der Waals surface area contributed by atoms with Crippen molar-refractivity contribution >= 4 is 28.5 Å². The van der Waals surface area contributed by atoms with Crippen LogP contribution in [0.1, 0.15) is 19.9 Å². The van der Waals surface area contributed by atoms with Gasteiger partial charge < -0.3 is 10.5 Å². The largest absolute Gasteiger partial charge is 0.437 e. The molecule has 0 spiro atoms. The first-order chi connectivity index (χ1) is 10.1. The zero-order valence-corrected chi connectivity index (χ0v) is 12.4. The van der Waals surface area contributed by atoms with Gasteiger partial charge in [-0.2, -0.15) is 0 Å². The number of nitrogens with zero attached hydrogens (tertiary/aromatic N) is 4. The second kappa shape index (κ2) is 5.21. The molecule has 2 aromatic heterocycles. The Kier molecular flexibility index (Phi) is 3.39. The van der Waals surface area contributed by atoms with Crippen LogP contribution in [0.15, 0.2) is 30.6 Å². The maximum Gasteiger partial charge on any atom is 0.251 e. The van der Waals surface area contributed by atoms with E-state index < -0.39 is 0 Å². The average molecular weight is 304 g/mol. The highest BCUT2D eigenvalue weighted by atomic mass is 35.5. The van der Waals surface area contributed by atoms with Gasteiger partial charge in [-0.1, -0.05) is 17.7 Å². The summed E-state index contributed by atoms with van der Waals surface area (Å²) in [7, 11) is 0. The molecule has 0 saturated carbocycles. The molecule has 0 saturated heterocycles. The summed E-state index contributed by atoms with van der Waals surface area (Å²) >= 11 is 5.96. The molecule has 3 aromatic rings. The Morgan fingerprint density at radius 1 is 1.29 bits per heavy atom. The Morgan fingerprint density at radius 3 is 2.81 bits per heavy atom. The molecule has 2 N–H and O–H groups in total. The Labute approximate surface area is 126 Å². The number of rotatable bonds is 3. The number of hydrogen-bond donors (Lipinski definition) is 1. The Bertz CT molecular complexity index is 799. The molecule has 21 heavy (non-hydrogen) atoms. The number of aromatic nitrogens is 4. The lowest BCUT2D eigenvalue weighted by molar-refractivity contribution is 0.440. The molecular weight excluding hydrogens is 290 g/mol. The maximum absolute atomic E-state index is 5.96. The number of anilines is 1.